The van der Waals surface area contributed by atoms with Crippen LogP contribution in [-0.4, -0.2) is 29.5 Å². The van der Waals surface area contributed by atoms with Gasteiger partial charge in [0.15, 0.2) is 0 Å². The fourth-order valence-electron chi connectivity index (χ4n) is 1.99. The number of hydrogen-bond donors (Lipinski definition) is 1. The number of nitrogens with zero attached hydrogens (tertiary/aromatic N) is 1. The monoisotopic (exact) mass is 300 g/mol. The molecule has 0 spiro atoms. The van der Waals surface area contributed by atoms with Crippen molar-refractivity contribution in [1.29, 1.82) is 0 Å². The molecule has 1 aromatic rings. The van der Waals surface area contributed by atoms with Gasteiger partial charge in [0.05, 0.1) is 6.10 Å². The molecule has 116 valence electrons. The first kappa shape index (κ1) is 15.8. The fourth-order valence-corrected chi connectivity index (χ4v) is 1.99. The number of imide groups is 1. The molecule has 1 saturated heterocycles. The van der Waals surface area contributed by atoms with Crippen LogP contribution >= 0.6 is 0 Å². The Bertz CT molecular complexity index is 605. The number of urea groups is 1. The van der Waals surface area contributed by atoms with E-state index in [2.05, 4.69) is 18.8 Å². The van der Waals surface area contributed by atoms with Crippen molar-refractivity contribution in [3.63, 3.8) is 0 Å². The molecule has 22 heavy (non-hydrogen) atoms. The molecule has 1 heterocycles. The summed E-state index contributed by atoms with van der Waals surface area (Å²) in [7, 11) is 0. The largest absolute Gasteiger partial charge is 0.491 e. The molecule has 1 N–H and O–H groups in total. The highest BCUT2D eigenvalue weighted by Gasteiger charge is 2.32. The van der Waals surface area contributed by atoms with Crippen LogP contribution in [0.25, 0.3) is 6.08 Å². The zero-order valence-corrected chi connectivity index (χ0v) is 12.8. The van der Waals surface area contributed by atoms with Crippen LogP contribution in [0.5, 0.6) is 5.75 Å². The standard InChI is InChI=1S/C17H20N2O3/c1-4-10-19-16(20)15(18-17(19)21)11-13-6-8-14(9-7-13)22-12(3)5-2/h4,6-9,11-12H,1,5,10H2,2-3H3,(H,18,21)/b15-11+/t12-/m1/s1. The Kier molecular flexibility index (Phi) is 4.99. The van der Waals surface area contributed by atoms with E-state index in [0.717, 1.165) is 22.6 Å². The number of carbonyl (C=O) groups is 2. The Labute approximate surface area is 130 Å². The summed E-state index contributed by atoms with van der Waals surface area (Å²) in [5, 5.41) is 2.56. The molecular formula is C17H20N2O3. The molecule has 0 unspecified atom stereocenters. The normalized spacial score (nSPS) is 17.5. The zero-order valence-electron chi connectivity index (χ0n) is 12.8. The third-order valence-electron chi connectivity index (χ3n) is 3.38. The minimum absolute atomic E-state index is 0.160. The van der Waals surface area contributed by atoms with Crippen molar-refractivity contribution in [1.82, 2.24) is 10.2 Å². The number of hydrogen-bond acceptors (Lipinski definition) is 3. The van der Waals surface area contributed by atoms with E-state index in [4.69, 9.17) is 4.74 Å². The van der Waals surface area contributed by atoms with Gasteiger partial charge in [0.1, 0.15) is 11.4 Å². The Morgan fingerprint density at radius 1 is 1.32 bits per heavy atom. The van der Waals surface area contributed by atoms with Gasteiger partial charge < -0.3 is 10.1 Å². The van der Waals surface area contributed by atoms with Crippen molar-refractivity contribution in [3.05, 3.63) is 48.2 Å². The van der Waals surface area contributed by atoms with Gasteiger partial charge in [-0.2, -0.15) is 0 Å². The molecule has 0 bridgehead atoms. The van der Waals surface area contributed by atoms with E-state index < -0.39 is 6.03 Å². The molecule has 0 saturated carbocycles. The van der Waals surface area contributed by atoms with Crippen LogP contribution in [0, 0.1) is 0 Å². The van der Waals surface area contributed by atoms with Crippen LogP contribution < -0.4 is 10.1 Å². The van der Waals surface area contributed by atoms with Crippen molar-refractivity contribution in [2.45, 2.75) is 26.4 Å². The maximum Gasteiger partial charge on any atom is 0.329 e. The summed E-state index contributed by atoms with van der Waals surface area (Å²) in [5.41, 5.74) is 1.09. The predicted octanol–water partition coefficient (Wildman–Crippen LogP) is 2.94. The van der Waals surface area contributed by atoms with Gasteiger partial charge in [-0.15, -0.1) is 6.58 Å². The first-order valence-electron chi connectivity index (χ1n) is 7.27. The lowest BCUT2D eigenvalue weighted by molar-refractivity contribution is -0.122. The highest BCUT2D eigenvalue weighted by molar-refractivity contribution is 6.14. The smallest absolute Gasteiger partial charge is 0.329 e. The van der Waals surface area contributed by atoms with Gasteiger partial charge >= 0.3 is 6.03 Å². The molecule has 5 nitrogen and oxygen atoms in total. The predicted molar refractivity (Wildman–Crippen MR) is 85.2 cm³/mol. The molecule has 1 aliphatic rings. The quantitative estimate of drug-likeness (QED) is 0.499. The second-order valence-electron chi connectivity index (χ2n) is 5.10. The van der Waals surface area contributed by atoms with Crippen molar-refractivity contribution in [2.24, 2.45) is 0 Å². The summed E-state index contributed by atoms with van der Waals surface area (Å²) in [6.45, 7) is 7.81. The molecule has 3 amide bonds. The average Bonchev–Trinajstić information content (AvgIpc) is 2.77. The molecule has 1 fully saturated rings. The lowest BCUT2D eigenvalue weighted by atomic mass is 10.2. The van der Waals surface area contributed by atoms with Gasteiger partial charge in [-0.1, -0.05) is 25.1 Å². The van der Waals surface area contributed by atoms with Gasteiger partial charge in [-0.3, -0.25) is 9.69 Å². The Morgan fingerprint density at radius 2 is 2.00 bits per heavy atom. The van der Waals surface area contributed by atoms with Crippen LogP contribution in [0.2, 0.25) is 0 Å². The number of carbonyl (C=O) groups excluding carboxylic acids is 2. The van der Waals surface area contributed by atoms with Crippen molar-refractivity contribution in [3.8, 4) is 5.75 Å². The molecule has 1 aromatic carbocycles. The minimum Gasteiger partial charge on any atom is -0.491 e. The van der Waals surface area contributed by atoms with Crippen LogP contribution in [0.3, 0.4) is 0 Å². The van der Waals surface area contributed by atoms with Crippen LogP contribution in [0.15, 0.2) is 42.6 Å². The second-order valence-corrected chi connectivity index (χ2v) is 5.10. The van der Waals surface area contributed by atoms with Crippen LogP contribution in [0.1, 0.15) is 25.8 Å². The first-order valence-corrected chi connectivity index (χ1v) is 7.27. The SMILES string of the molecule is C=CCN1C(=O)N/C(=C/c2ccc(O[C@H](C)CC)cc2)C1=O. The van der Waals surface area contributed by atoms with Crippen LogP contribution in [-0.2, 0) is 4.79 Å². The number of rotatable bonds is 6. The van der Waals surface area contributed by atoms with Gasteiger partial charge in [0, 0.05) is 6.54 Å². The molecule has 1 atom stereocenters. The molecule has 2 rings (SSSR count). The molecule has 1 aliphatic heterocycles. The fraction of sp³-hybridized carbons (Fsp3) is 0.294. The molecular weight excluding hydrogens is 280 g/mol. The maximum atomic E-state index is 12.1. The van der Waals surface area contributed by atoms with E-state index in [1.165, 1.54) is 6.08 Å². The number of nitrogens with one attached hydrogen (secondary N) is 1. The lowest BCUT2D eigenvalue weighted by Gasteiger charge is -2.12. The Balaban J connectivity index is 2.11. The Hall–Kier alpha value is -2.56. The Morgan fingerprint density at radius 3 is 2.59 bits per heavy atom. The number of amides is 3. The zero-order chi connectivity index (χ0) is 16.1. The first-order chi connectivity index (χ1) is 10.5. The second kappa shape index (κ2) is 6.93. The summed E-state index contributed by atoms with van der Waals surface area (Å²) in [6, 6.07) is 6.97. The van der Waals surface area contributed by atoms with E-state index in [-0.39, 0.29) is 24.3 Å². The maximum absolute atomic E-state index is 12.1. The highest BCUT2D eigenvalue weighted by Crippen LogP contribution is 2.18. The van der Waals surface area contributed by atoms with Crippen molar-refractivity contribution < 1.29 is 14.3 Å². The molecule has 0 aliphatic carbocycles. The lowest BCUT2D eigenvalue weighted by Crippen LogP contribution is -2.30. The van der Waals surface area contributed by atoms with E-state index >= 15 is 0 Å². The van der Waals surface area contributed by atoms with Crippen LogP contribution in [0.4, 0.5) is 4.79 Å². The summed E-state index contributed by atoms with van der Waals surface area (Å²) >= 11 is 0. The van der Waals surface area contributed by atoms with E-state index in [1.807, 2.05) is 31.2 Å². The van der Waals surface area contributed by atoms with E-state index in [9.17, 15) is 9.59 Å². The van der Waals surface area contributed by atoms with Gasteiger partial charge in [-0.05, 0) is 37.1 Å². The molecule has 0 radical (unpaired) electrons. The van der Waals surface area contributed by atoms with Gasteiger partial charge in [0.25, 0.3) is 5.91 Å². The minimum atomic E-state index is -0.423. The topological polar surface area (TPSA) is 58.6 Å². The van der Waals surface area contributed by atoms with Crippen molar-refractivity contribution >= 4 is 18.0 Å². The molecule has 5 heteroatoms. The summed E-state index contributed by atoms with van der Waals surface area (Å²) in [5.74, 6) is 0.441. The van der Waals surface area contributed by atoms with E-state index in [0.29, 0.717) is 0 Å². The van der Waals surface area contributed by atoms with Gasteiger partial charge in [0.2, 0.25) is 0 Å². The van der Waals surface area contributed by atoms with Gasteiger partial charge in [-0.25, -0.2) is 4.79 Å². The van der Waals surface area contributed by atoms with Crippen molar-refractivity contribution in [2.75, 3.05) is 6.54 Å². The molecule has 0 aromatic heterocycles. The third kappa shape index (κ3) is 3.55. The number of benzene rings is 1. The summed E-state index contributed by atoms with van der Waals surface area (Å²) in [4.78, 5) is 24.8. The summed E-state index contributed by atoms with van der Waals surface area (Å²) < 4.78 is 5.70. The van der Waals surface area contributed by atoms with E-state index in [1.54, 1.807) is 6.08 Å². The highest BCUT2D eigenvalue weighted by atomic mass is 16.5. The third-order valence-corrected chi connectivity index (χ3v) is 3.38. The average molecular weight is 300 g/mol. The summed E-state index contributed by atoms with van der Waals surface area (Å²) in [6.07, 6.45) is 4.26. The number of ether oxygens (including phenoxy) is 1.